The Morgan fingerprint density at radius 3 is 2.24 bits per heavy atom. The van der Waals surface area contributed by atoms with Gasteiger partial charge in [-0.05, 0) is 37.6 Å². The summed E-state index contributed by atoms with van der Waals surface area (Å²) in [6.07, 6.45) is -0.702. The summed E-state index contributed by atoms with van der Waals surface area (Å²) in [5, 5.41) is 2.59. The molecule has 1 aromatic rings. The predicted octanol–water partition coefficient (Wildman–Crippen LogP) is 4.46. The molecule has 0 radical (unpaired) electrons. The standard InChI is InChI=1S/C16H24F3N3O.2ClH/c1-22(2)14-9-8-12(16(17,18)19)11-13(14)21-15(23)7-5-3-4-6-10-20;;/h8-9,11H,3-7,10,20H2,1-2H3,(H,21,23);2*1H. The Labute approximate surface area is 159 Å². The number of unbranched alkanes of at least 4 members (excludes halogenated alkanes) is 3. The Balaban J connectivity index is 0. The van der Waals surface area contributed by atoms with Crippen molar-refractivity contribution in [2.45, 2.75) is 38.3 Å². The maximum absolute atomic E-state index is 12.8. The number of hydrogen-bond donors (Lipinski definition) is 2. The summed E-state index contributed by atoms with van der Waals surface area (Å²) in [6.45, 7) is 0.628. The van der Waals surface area contributed by atoms with Crippen molar-refractivity contribution in [3.8, 4) is 0 Å². The molecular formula is C16H26Cl2F3N3O. The maximum atomic E-state index is 12.8. The highest BCUT2D eigenvalue weighted by Gasteiger charge is 2.31. The second kappa shape index (κ2) is 12.2. The monoisotopic (exact) mass is 403 g/mol. The highest BCUT2D eigenvalue weighted by atomic mass is 35.5. The summed E-state index contributed by atoms with van der Waals surface area (Å²) < 4.78 is 38.5. The molecule has 1 amide bonds. The lowest BCUT2D eigenvalue weighted by Gasteiger charge is -2.19. The van der Waals surface area contributed by atoms with E-state index >= 15 is 0 Å². The fourth-order valence-corrected chi connectivity index (χ4v) is 2.20. The van der Waals surface area contributed by atoms with Gasteiger partial charge in [-0.15, -0.1) is 24.8 Å². The molecule has 9 heteroatoms. The van der Waals surface area contributed by atoms with Crippen molar-refractivity contribution in [2.24, 2.45) is 5.73 Å². The molecule has 4 nitrogen and oxygen atoms in total. The van der Waals surface area contributed by atoms with Crippen LogP contribution < -0.4 is 16.0 Å². The van der Waals surface area contributed by atoms with E-state index in [0.29, 0.717) is 18.7 Å². The lowest BCUT2D eigenvalue weighted by molar-refractivity contribution is -0.137. The Bertz CT molecular complexity index is 526. The molecule has 0 aliphatic rings. The molecule has 3 N–H and O–H groups in total. The van der Waals surface area contributed by atoms with E-state index in [2.05, 4.69) is 5.32 Å². The summed E-state index contributed by atoms with van der Waals surface area (Å²) in [7, 11) is 3.43. The quantitative estimate of drug-likeness (QED) is 0.629. The van der Waals surface area contributed by atoms with Crippen LogP contribution in [0.15, 0.2) is 18.2 Å². The van der Waals surface area contributed by atoms with E-state index < -0.39 is 11.7 Å². The number of halogens is 5. The van der Waals surface area contributed by atoms with Crippen LogP contribution in [0.1, 0.15) is 37.7 Å². The largest absolute Gasteiger partial charge is 0.416 e. The van der Waals surface area contributed by atoms with Gasteiger partial charge < -0.3 is 16.0 Å². The molecule has 25 heavy (non-hydrogen) atoms. The van der Waals surface area contributed by atoms with Gasteiger partial charge in [-0.2, -0.15) is 13.2 Å². The number of hydrogen-bond acceptors (Lipinski definition) is 3. The summed E-state index contributed by atoms with van der Waals surface area (Å²) in [4.78, 5) is 13.6. The third-order valence-corrected chi connectivity index (χ3v) is 3.44. The van der Waals surface area contributed by atoms with Gasteiger partial charge in [0.25, 0.3) is 0 Å². The molecule has 146 valence electrons. The lowest BCUT2D eigenvalue weighted by Crippen LogP contribution is -2.17. The maximum Gasteiger partial charge on any atom is 0.416 e. The van der Waals surface area contributed by atoms with Gasteiger partial charge >= 0.3 is 6.18 Å². The molecule has 0 spiro atoms. The predicted molar refractivity (Wildman–Crippen MR) is 101 cm³/mol. The van der Waals surface area contributed by atoms with Crippen molar-refractivity contribution in [1.29, 1.82) is 0 Å². The number of nitrogens with two attached hydrogens (primary N) is 1. The van der Waals surface area contributed by atoms with Gasteiger partial charge in [0.2, 0.25) is 5.91 Å². The molecule has 0 heterocycles. The van der Waals surface area contributed by atoms with Gasteiger partial charge in [0.05, 0.1) is 16.9 Å². The first-order valence-corrected chi connectivity index (χ1v) is 7.64. The molecule has 0 fully saturated rings. The number of anilines is 2. The van der Waals surface area contributed by atoms with Crippen LogP contribution in [-0.4, -0.2) is 26.5 Å². The first kappa shape index (κ1) is 26.1. The van der Waals surface area contributed by atoms with E-state index in [-0.39, 0.29) is 42.8 Å². The Kier molecular flexibility index (Phi) is 12.7. The van der Waals surface area contributed by atoms with Crippen LogP contribution in [0.25, 0.3) is 0 Å². The molecule has 0 saturated carbocycles. The Morgan fingerprint density at radius 2 is 1.72 bits per heavy atom. The SMILES string of the molecule is CN(C)c1ccc(C(F)(F)F)cc1NC(=O)CCCCCCN.Cl.Cl. The van der Waals surface area contributed by atoms with Gasteiger partial charge in [0, 0.05) is 20.5 Å². The molecule has 0 aromatic heterocycles. The minimum absolute atomic E-state index is 0. The summed E-state index contributed by atoms with van der Waals surface area (Å²) in [5.41, 5.74) is 5.33. The van der Waals surface area contributed by atoms with E-state index in [1.54, 1.807) is 19.0 Å². The average Bonchev–Trinajstić information content (AvgIpc) is 2.45. The van der Waals surface area contributed by atoms with Gasteiger partial charge in [0.1, 0.15) is 0 Å². The van der Waals surface area contributed by atoms with Crippen molar-refractivity contribution < 1.29 is 18.0 Å². The van der Waals surface area contributed by atoms with Crippen LogP contribution >= 0.6 is 24.8 Å². The molecule has 0 bridgehead atoms. The van der Waals surface area contributed by atoms with Crippen LogP contribution in [0.4, 0.5) is 24.5 Å². The van der Waals surface area contributed by atoms with Gasteiger partial charge in [-0.1, -0.05) is 12.8 Å². The third-order valence-electron chi connectivity index (χ3n) is 3.44. The van der Waals surface area contributed by atoms with Crippen LogP contribution in [-0.2, 0) is 11.0 Å². The number of nitrogens with one attached hydrogen (secondary N) is 1. The van der Waals surface area contributed by atoms with Crippen LogP contribution in [0.2, 0.25) is 0 Å². The highest BCUT2D eigenvalue weighted by Crippen LogP contribution is 2.35. The van der Waals surface area contributed by atoms with Crippen molar-refractivity contribution in [3.05, 3.63) is 23.8 Å². The minimum atomic E-state index is -4.44. The summed E-state index contributed by atoms with van der Waals surface area (Å²) >= 11 is 0. The molecule has 0 aliphatic carbocycles. The Hall–Kier alpha value is -1.18. The van der Waals surface area contributed by atoms with Crippen molar-refractivity contribution in [1.82, 2.24) is 0 Å². The number of rotatable bonds is 8. The molecule has 0 aliphatic heterocycles. The van der Waals surface area contributed by atoms with Gasteiger partial charge in [-0.3, -0.25) is 4.79 Å². The van der Waals surface area contributed by atoms with E-state index in [0.717, 1.165) is 31.4 Å². The van der Waals surface area contributed by atoms with E-state index in [1.807, 2.05) is 0 Å². The lowest BCUT2D eigenvalue weighted by atomic mass is 10.1. The number of alkyl halides is 3. The molecule has 0 unspecified atom stereocenters. The number of nitrogens with zero attached hydrogens (tertiary/aromatic N) is 1. The molecule has 1 aromatic carbocycles. The van der Waals surface area contributed by atoms with E-state index in [1.165, 1.54) is 6.07 Å². The zero-order chi connectivity index (χ0) is 17.5. The summed E-state index contributed by atoms with van der Waals surface area (Å²) in [5.74, 6) is -0.278. The van der Waals surface area contributed by atoms with Crippen molar-refractivity contribution >= 4 is 42.1 Å². The fourth-order valence-electron chi connectivity index (χ4n) is 2.20. The molecular weight excluding hydrogens is 378 g/mol. The van der Waals surface area contributed by atoms with Crippen molar-refractivity contribution in [2.75, 3.05) is 30.9 Å². The Morgan fingerprint density at radius 1 is 1.12 bits per heavy atom. The second-order valence-electron chi connectivity index (χ2n) is 5.63. The van der Waals surface area contributed by atoms with Gasteiger partial charge in [-0.25, -0.2) is 0 Å². The van der Waals surface area contributed by atoms with Gasteiger partial charge in [0.15, 0.2) is 0 Å². The third kappa shape index (κ3) is 9.18. The number of amides is 1. The molecule has 1 rings (SSSR count). The first-order valence-electron chi connectivity index (χ1n) is 7.64. The van der Waals surface area contributed by atoms with E-state index in [9.17, 15) is 18.0 Å². The zero-order valence-electron chi connectivity index (χ0n) is 14.4. The smallest absolute Gasteiger partial charge is 0.376 e. The van der Waals surface area contributed by atoms with Crippen LogP contribution in [0, 0.1) is 0 Å². The first-order chi connectivity index (χ1) is 10.8. The highest BCUT2D eigenvalue weighted by molar-refractivity contribution is 5.94. The fraction of sp³-hybridized carbons (Fsp3) is 0.562. The normalized spacial score (nSPS) is 10.5. The van der Waals surface area contributed by atoms with E-state index in [4.69, 9.17) is 5.73 Å². The minimum Gasteiger partial charge on any atom is -0.376 e. The molecule has 0 saturated heterocycles. The second-order valence-corrected chi connectivity index (χ2v) is 5.63. The number of benzene rings is 1. The topological polar surface area (TPSA) is 58.4 Å². The summed E-state index contributed by atoms with van der Waals surface area (Å²) in [6, 6.07) is 3.35. The zero-order valence-corrected chi connectivity index (χ0v) is 16.0. The average molecular weight is 404 g/mol. The van der Waals surface area contributed by atoms with Crippen LogP contribution in [0.3, 0.4) is 0 Å². The number of carbonyl (C=O) groups is 1. The number of carbonyl (C=O) groups excluding carboxylic acids is 1. The molecule has 0 atom stereocenters. The van der Waals surface area contributed by atoms with Crippen molar-refractivity contribution in [3.63, 3.8) is 0 Å². The van der Waals surface area contributed by atoms with Crippen LogP contribution in [0.5, 0.6) is 0 Å².